The average molecular weight is 249 g/mol. The molecule has 16 heavy (non-hydrogen) atoms. The minimum absolute atomic E-state index is 0.891. The molecule has 0 aliphatic carbocycles. The van der Waals surface area contributed by atoms with Crippen LogP contribution >= 0.6 is 8.25 Å². The molecular weight excluding hydrogens is 239 g/mol. The summed E-state index contributed by atoms with van der Waals surface area (Å²) in [5, 5.41) is 17.0. The van der Waals surface area contributed by atoms with Gasteiger partial charge in [-0.2, -0.15) is 0 Å². The van der Waals surface area contributed by atoms with Crippen molar-refractivity contribution in [3.63, 3.8) is 0 Å². The van der Waals surface area contributed by atoms with E-state index in [9.17, 15) is 14.2 Å². The van der Waals surface area contributed by atoms with Crippen LogP contribution in [-0.2, 0) is 23.2 Å². The Balaban J connectivity index is 4.36. The Bertz CT molecular complexity index is 294. The second-order valence-corrected chi connectivity index (χ2v) is 3.29. The molecule has 0 aromatic rings. The molecule has 0 heterocycles. The summed E-state index contributed by atoms with van der Waals surface area (Å²) < 4.78 is 19.9. The maximum atomic E-state index is 11.1. The summed E-state index contributed by atoms with van der Waals surface area (Å²) in [6, 6.07) is 0. The van der Waals surface area contributed by atoms with E-state index in [1.54, 1.807) is 0 Å². The monoisotopic (exact) mass is 249 g/mol. The van der Waals surface area contributed by atoms with E-state index in [0.717, 1.165) is 12.2 Å². The number of aliphatic carboxylic acids is 2. The van der Waals surface area contributed by atoms with Crippen molar-refractivity contribution in [3.05, 3.63) is 25.3 Å². The highest BCUT2D eigenvalue weighted by Crippen LogP contribution is 2.28. The van der Waals surface area contributed by atoms with Crippen LogP contribution in [0.25, 0.3) is 0 Å². The summed E-state index contributed by atoms with van der Waals surface area (Å²) in [6.45, 7) is 6.29. The van der Waals surface area contributed by atoms with Crippen LogP contribution in [0.2, 0.25) is 0 Å². The van der Waals surface area contributed by atoms with Crippen molar-refractivity contribution >= 4 is 20.2 Å². The zero-order valence-corrected chi connectivity index (χ0v) is 9.00. The lowest BCUT2D eigenvalue weighted by Gasteiger charge is -2.00. The lowest BCUT2D eigenvalue weighted by atomic mass is 10.4. The first-order chi connectivity index (χ1) is 7.42. The van der Waals surface area contributed by atoms with Gasteiger partial charge in [0.15, 0.2) is 0 Å². The van der Waals surface area contributed by atoms with Crippen LogP contribution in [0.1, 0.15) is 0 Å². The molecule has 0 bridgehead atoms. The van der Waals surface area contributed by atoms with Crippen molar-refractivity contribution in [2.75, 3.05) is 0 Å². The van der Waals surface area contributed by atoms with Crippen LogP contribution in [0.5, 0.6) is 0 Å². The van der Waals surface area contributed by atoms with Gasteiger partial charge >= 0.3 is 20.2 Å². The first-order valence-electron chi connectivity index (χ1n) is 3.94. The Kier molecular flexibility index (Phi) is 6.17. The van der Waals surface area contributed by atoms with Crippen LogP contribution in [0.3, 0.4) is 0 Å². The molecule has 7 nitrogen and oxygen atoms in total. The van der Waals surface area contributed by atoms with E-state index >= 15 is 0 Å². The molecule has 0 amide bonds. The molecule has 2 atom stereocenters. The van der Waals surface area contributed by atoms with Crippen molar-refractivity contribution in [3.8, 4) is 0 Å². The topological polar surface area (TPSA) is 110 Å². The van der Waals surface area contributed by atoms with E-state index in [-0.39, 0.29) is 0 Å². The van der Waals surface area contributed by atoms with Crippen molar-refractivity contribution in [1.29, 1.82) is 0 Å². The highest BCUT2D eigenvalue weighted by Gasteiger charge is 2.35. The average Bonchev–Trinajstić information content (AvgIpc) is 2.21. The van der Waals surface area contributed by atoms with E-state index < -0.39 is 32.4 Å². The number of carboxylic acids is 2. The fourth-order valence-electron chi connectivity index (χ4n) is 0.588. The Labute approximate surface area is 91.9 Å². The fourth-order valence-corrected chi connectivity index (χ4v) is 1.36. The van der Waals surface area contributed by atoms with Gasteiger partial charge in [0.2, 0.25) is 12.2 Å². The molecule has 0 saturated carbocycles. The summed E-state index contributed by atoms with van der Waals surface area (Å²) in [6.07, 6.45) is -1.27. The first-order valence-corrected chi connectivity index (χ1v) is 5.03. The maximum absolute atomic E-state index is 11.1. The van der Waals surface area contributed by atoms with Gasteiger partial charge in [0.1, 0.15) is 0 Å². The van der Waals surface area contributed by atoms with Crippen molar-refractivity contribution in [2.24, 2.45) is 0 Å². The molecule has 0 rings (SSSR count). The second kappa shape index (κ2) is 6.84. The largest absolute Gasteiger partial charge is 0.699 e. The lowest BCUT2D eigenvalue weighted by Crippen LogP contribution is -2.21. The van der Waals surface area contributed by atoms with Gasteiger partial charge in [-0.3, -0.25) is 0 Å². The number of rotatable bonds is 8. The minimum Gasteiger partial charge on any atom is -0.479 e. The quantitative estimate of drug-likeness (QED) is 0.486. The lowest BCUT2D eigenvalue weighted by molar-refractivity contribution is -0.144. The molecule has 0 fully saturated rings. The molecule has 8 heteroatoms. The normalized spacial score (nSPS) is 14.6. The molecular formula is C8H10O7P+. The SMILES string of the molecule is C=CC(O[P+](=O)OC(C=C)C(=O)O)C(=O)O. The molecule has 0 saturated heterocycles. The fraction of sp³-hybridized carbons (Fsp3) is 0.250. The van der Waals surface area contributed by atoms with Crippen LogP contribution < -0.4 is 0 Å². The van der Waals surface area contributed by atoms with Crippen LogP contribution in [0.15, 0.2) is 25.3 Å². The third kappa shape index (κ3) is 4.79. The van der Waals surface area contributed by atoms with Gasteiger partial charge in [0.25, 0.3) is 0 Å². The molecule has 0 aromatic carbocycles. The molecule has 0 radical (unpaired) electrons. The Morgan fingerprint density at radius 2 is 1.38 bits per heavy atom. The van der Waals surface area contributed by atoms with Gasteiger partial charge in [-0.15, -0.1) is 0 Å². The van der Waals surface area contributed by atoms with Crippen LogP contribution in [-0.4, -0.2) is 34.4 Å². The van der Waals surface area contributed by atoms with Gasteiger partial charge in [0, 0.05) is 4.57 Å². The van der Waals surface area contributed by atoms with Gasteiger partial charge in [-0.1, -0.05) is 22.2 Å². The van der Waals surface area contributed by atoms with Crippen molar-refractivity contribution in [2.45, 2.75) is 12.2 Å². The van der Waals surface area contributed by atoms with Crippen LogP contribution in [0.4, 0.5) is 0 Å². The summed E-state index contributed by atoms with van der Waals surface area (Å²) in [7, 11) is -2.89. The highest BCUT2D eigenvalue weighted by atomic mass is 31.1. The predicted molar refractivity (Wildman–Crippen MR) is 53.0 cm³/mol. The van der Waals surface area contributed by atoms with Gasteiger partial charge in [-0.25, -0.2) is 9.59 Å². The zero-order valence-electron chi connectivity index (χ0n) is 8.11. The van der Waals surface area contributed by atoms with E-state index in [1.165, 1.54) is 0 Å². The van der Waals surface area contributed by atoms with E-state index in [0.29, 0.717) is 0 Å². The number of hydrogen-bond donors (Lipinski definition) is 2. The summed E-state index contributed by atoms with van der Waals surface area (Å²) >= 11 is 0. The third-order valence-electron chi connectivity index (χ3n) is 1.31. The molecule has 2 unspecified atom stereocenters. The minimum atomic E-state index is -2.89. The van der Waals surface area contributed by atoms with Gasteiger partial charge < -0.3 is 10.2 Å². The standard InChI is InChI=1S/C8H9O7P/c1-3-5(7(9)10)14-16(13)15-6(4-2)8(11)12/h3-6H,1-2H2,(H-,9,10,11,12)/p+1. The summed E-state index contributed by atoms with van der Waals surface area (Å²) in [5.74, 6) is -2.82. The number of hydrogen-bond acceptors (Lipinski definition) is 5. The van der Waals surface area contributed by atoms with Gasteiger partial charge in [-0.05, 0) is 12.2 Å². The molecule has 88 valence electrons. The van der Waals surface area contributed by atoms with E-state index in [2.05, 4.69) is 22.2 Å². The highest BCUT2D eigenvalue weighted by molar-refractivity contribution is 7.33. The third-order valence-corrected chi connectivity index (χ3v) is 2.11. The Morgan fingerprint density at radius 3 is 1.56 bits per heavy atom. The predicted octanol–water partition coefficient (Wildman–Crippen LogP) is 0.955. The smallest absolute Gasteiger partial charge is 0.479 e. The maximum Gasteiger partial charge on any atom is 0.699 e. The Hall–Kier alpha value is -1.56. The first kappa shape index (κ1) is 14.4. The Morgan fingerprint density at radius 1 is 1.06 bits per heavy atom. The van der Waals surface area contributed by atoms with Crippen molar-refractivity contribution in [1.82, 2.24) is 0 Å². The molecule has 0 spiro atoms. The molecule has 0 aliphatic rings. The summed E-state index contributed by atoms with van der Waals surface area (Å²) in [4.78, 5) is 20.9. The van der Waals surface area contributed by atoms with Gasteiger partial charge in [0.05, 0.1) is 0 Å². The van der Waals surface area contributed by atoms with Crippen molar-refractivity contribution < 1.29 is 33.4 Å². The summed E-state index contributed by atoms with van der Waals surface area (Å²) in [5.41, 5.74) is 0. The molecule has 0 aliphatic heterocycles. The zero-order chi connectivity index (χ0) is 12.7. The molecule has 0 aromatic heterocycles. The van der Waals surface area contributed by atoms with E-state index in [1.807, 2.05) is 0 Å². The van der Waals surface area contributed by atoms with E-state index in [4.69, 9.17) is 10.2 Å². The van der Waals surface area contributed by atoms with Crippen LogP contribution in [0, 0.1) is 0 Å². The number of carboxylic acid groups (broad SMARTS) is 2. The number of carbonyl (C=O) groups is 2. The second-order valence-electron chi connectivity index (χ2n) is 2.42. The molecule has 2 N–H and O–H groups in total.